The zero-order valence-electron chi connectivity index (χ0n) is 15.6. The lowest BCUT2D eigenvalue weighted by molar-refractivity contribution is -0.137. The Labute approximate surface area is 155 Å². The molecule has 2 saturated heterocycles. The highest BCUT2D eigenvalue weighted by Crippen LogP contribution is 2.40. The van der Waals surface area contributed by atoms with Gasteiger partial charge in [0.1, 0.15) is 11.4 Å². The Hall–Kier alpha value is -2.32. The Kier molecular flexibility index (Phi) is 4.81. The van der Waals surface area contributed by atoms with E-state index >= 15 is 0 Å². The monoisotopic (exact) mass is 384 g/mol. The molecule has 6 nitrogen and oxygen atoms in total. The lowest BCUT2D eigenvalue weighted by atomic mass is 9.85. The zero-order chi connectivity index (χ0) is 20.0. The molecule has 9 heteroatoms. The van der Waals surface area contributed by atoms with E-state index in [0.717, 1.165) is 11.0 Å². The third-order valence-electron chi connectivity index (χ3n) is 5.27. The highest BCUT2D eigenvalue weighted by molar-refractivity contribution is 6.07. The number of hydrogen-bond acceptors (Lipinski definition) is 4. The van der Waals surface area contributed by atoms with E-state index in [1.165, 1.54) is 19.3 Å². The summed E-state index contributed by atoms with van der Waals surface area (Å²) in [4.78, 5) is 33.5. The molecule has 1 spiro atoms. The summed E-state index contributed by atoms with van der Waals surface area (Å²) in [5.74, 6) is -0.221. The van der Waals surface area contributed by atoms with E-state index in [9.17, 15) is 22.8 Å². The number of piperidine rings is 1. The van der Waals surface area contributed by atoms with E-state index in [0.29, 0.717) is 6.54 Å². The lowest BCUT2D eigenvalue weighted by Crippen LogP contribution is -2.57. The summed E-state index contributed by atoms with van der Waals surface area (Å²) in [7, 11) is 1.46. The zero-order valence-corrected chi connectivity index (χ0v) is 15.6. The predicted molar refractivity (Wildman–Crippen MR) is 93.1 cm³/mol. The number of nitrogens with zero attached hydrogens (tertiary/aromatic N) is 4. The van der Waals surface area contributed by atoms with Gasteiger partial charge in [-0.1, -0.05) is 13.8 Å². The van der Waals surface area contributed by atoms with Crippen LogP contribution in [0.25, 0.3) is 0 Å². The van der Waals surface area contributed by atoms with Gasteiger partial charge >= 0.3 is 12.2 Å². The van der Waals surface area contributed by atoms with Crippen molar-refractivity contribution in [3.63, 3.8) is 0 Å². The van der Waals surface area contributed by atoms with Gasteiger partial charge in [0.25, 0.3) is 5.91 Å². The number of imide groups is 1. The molecule has 2 fully saturated rings. The van der Waals surface area contributed by atoms with Crippen molar-refractivity contribution in [3.8, 4) is 0 Å². The highest BCUT2D eigenvalue weighted by Gasteiger charge is 2.57. The van der Waals surface area contributed by atoms with Crippen molar-refractivity contribution in [1.29, 1.82) is 0 Å². The lowest BCUT2D eigenvalue weighted by Gasteiger charge is -2.43. The quantitative estimate of drug-likeness (QED) is 0.752. The van der Waals surface area contributed by atoms with Crippen LogP contribution in [0, 0.1) is 5.92 Å². The number of likely N-dealkylation sites (N-methyl/N-ethyl adjacent to an activating group) is 1. The highest BCUT2D eigenvalue weighted by atomic mass is 19.4. The normalized spacial score (nSPS) is 20.3. The van der Waals surface area contributed by atoms with Crippen molar-refractivity contribution in [2.45, 2.75) is 38.4 Å². The van der Waals surface area contributed by atoms with Crippen LogP contribution in [0.5, 0.6) is 0 Å². The molecular weight excluding hydrogens is 361 g/mol. The molecule has 0 atom stereocenters. The number of anilines is 1. The molecule has 148 valence electrons. The van der Waals surface area contributed by atoms with Crippen LogP contribution in [0.15, 0.2) is 18.3 Å². The van der Waals surface area contributed by atoms with Crippen molar-refractivity contribution in [2.75, 3.05) is 31.6 Å². The van der Waals surface area contributed by atoms with Gasteiger partial charge in [-0.15, -0.1) is 0 Å². The first-order chi connectivity index (χ1) is 12.6. The molecule has 0 saturated carbocycles. The fraction of sp³-hybridized carbons (Fsp3) is 0.611. The molecule has 0 aromatic carbocycles. The summed E-state index contributed by atoms with van der Waals surface area (Å²) in [5, 5.41) is 0. The number of urea groups is 1. The predicted octanol–water partition coefficient (Wildman–Crippen LogP) is 2.99. The average molecular weight is 384 g/mol. The van der Waals surface area contributed by atoms with Crippen LogP contribution in [-0.4, -0.2) is 58.9 Å². The Balaban J connectivity index is 1.86. The van der Waals surface area contributed by atoms with Crippen molar-refractivity contribution in [1.82, 2.24) is 14.8 Å². The first-order valence-electron chi connectivity index (χ1n) is 8.95. The van der Waals surface area contributed by atoms with Gasteiger partial charge < -0.3 is 9.80 Å². The second-order valence-electron chi connectivity index (χ2n) is 7.54. The molecular formula is C18H23F3N4O2. The number of rotatable bonds is 3. The summed E-state index contributed by atoms with van der Waals surface area (Å²) < 4.78 is 39.9. The molecule has 0 radical (unpaired) electrons. The maximum absolute atomic E-state index is 13.3. The fourth-order valence-corrected chi connectivity index (χ4v) is 3.94. The van der Waals surface area contributed by atoms with Gasteiger partial charge in [-0.2, -0.15) is 13.2 Å². The summed E-state index contributed by atoms with van der Waals surface area (Å²) >= 11 is 0. The molecule has 3 heterocycles. The number of halogens is 3. The third-order valence-corrected chi connectivity index (χ3v) is 5.27. The molecule has 0 aliphatic carbocycles. The second kappa shape index (κ2) is 6.69. The van der Waals surface area contributed by atoms with E-state index in [1.807, 2.05) is 13.8 Å². The Morgan fingerprint density at radius 3 is 2.41 bits per heavy atom. The first-order valence-corrected chi connectivity index (χ1v) is 8.95. The molecule has 0 N–H and O–H groups in total. The third kappa shape index (κ3) is 3.23. The van der Waals surface area contributed by atoms with Gasteiger partial charge in [0.2, 0.25) is 0 Å². The Bertz CT molecular complexity index is 742. The van der Waals surface area contributed by atoms with E-state index in [4.69, 9.17) is 0 Å². The van der Waals surface area contributed by atoms with Crippen LogP contribution in [-0.2, 0) is 11.0 Å². The molecule has 3 amide bonds. The molecule has 2 aliphatic heterocycles. The van der Waals surface area contributed by atoms with Gasteiger partial charge in [-0.3, -0.25) is 9.69 Å². The minimum Gasteiger partial charge on any atom is -0.356 e. The summed E-state index contributed by atoms with van der Waals surface area (Å²) in [6, 6.07) is 1.93. The number of aromatic nitrogens is 1. The smallest absolute Gasteiger partial charge is 0.356 e. The molecule has 27 heavy (non-hydrogen) atoms. The molecule has 0 unspecified atom stereocenters. The largest absolute Gasteiger partial charge is 0.419 e. The van der Waals surface area contributed by atoms with Crippen molar-refractivity contribution < 1.29 is 22.8 Å². The summed E-state index contributed by atoms with van der Waals surface area (Å²) in [5.41, 5.74) is -1.76. The first kappa shape index (κ1) is 19.4. The van der Waals surface area contributed by atoms with Gasteiger partial charge in [0.05, 0.1) is 5.56 Å². The number of pyridine rings is 1. The summed E-state index contributed by atoms with van der Waals surface area (Å²) in [6.07, 6.45) is -2.61. The topological polar surface area (TPSA) is 56.8 Å². The molecule has 1 aromatic rings. The maximum atomic E-state index is 13.3. The average Bonchev–Trinajstić information content (AvgIpc) is 2.78. The minimum atomic E-state index is -4.50. The van der Waals surface area contributed by atoms with Crippen LogP contribution in [0.2, 0.25) is 0 Å². The standard InChI is InChI=1S/C18H23F3N4O2/c1-12(2)11-25-16(27)23(3)15(26)17(25)6-9-24(10-7-17)14-13(18(19,20)21)5-4-8-22-14/h4-5,8,12H,6-7,9-11H2,1-3H3. The van der Waals surface area contributed by atoms with E-state index < -0.39 is 17.3 Å². The van der Waals surface area contributed by atoms with Crippen LogP contribution < -0.4 is 4.90 Å². The molecule has 2 aliphatic rings. The molecule has 3 rings (SSSR count). The number of carbonyl (C=O) groups is 2. The van der Waals surface area contributed by atoms with Crippen LogP contribution in [0.1, 0.15) is 32.3 Å². The SMILES string of the molecule is CC(C)CN1C(=O)N(C)C(=O)C12CCN(c1ncccc1C(F)(F)F)CC2. The Morgan fingerprint density at radius 1 is 1.22 bits per heavy atom. The number of hydrogen-bond donors (Lipinski definition) is 0. The molecule has 1 aromatic heterocycles. The van der Waals surface area contributed by atoms with E-state index in [1.54, 1.807) is 9.80 Å². The van der Waals surface area contributed by atoms with Crippen LogP contribution in [0.3, 0.4) is 0 Å². The van der Waals surface area contributed by atoms with Crippen LogP contribution in [0.4, 0.5) is 23.8 Å². The van der Waals surface area contributed by atoms with Crippen molar-refractivity contribution in [3.05, 3.63) is 23.9 Å². The van der Waals surface area contributed by atoms with E-state index in [2.05, 4.69) is 4.98 Å². The van der Waals surface area contributed by atoms with Gasteiger partial charge in [0, 0.05) is 32.9 Å². The second-order valence-corrected chi connectivity index (χ2v) is 7.54. The molecule has 0 bridgehead atoms. The maximum Gasteiger partial charge on any atom is 0.419 e. The van der Waals surface area contributed by atoms with Crippen molar-refractivity contribution in [2.24, 2.45) is 5.92 Å². The van der Waals surface area contributed by atoms with Crippen molar-refractivity contribution >= 4 is 17.8 Å². The van der Waals surface area contributed by atoms with Gasteiger partial charge in [-0.25, -0.2) is 9.78 Å². The number of alkyl halides is 3. The minimum absolute atomic E-state index is 0.125. The van der Waals surface area contributed by atoms with Crippen LogP contribution >= 0.6 is 0 Å². The van der Waals surface area contributed by atoms with Gasteiger partial charge in [0.15, 0.2) is 0 Å². The fourth-order valence-electron chi connectivity index (χ4n) is 3.94. The number of amides is 3. The Morgan fingerprint density at radius 2 is 1.85 bits per heavy atom. The number of carbonyl (C=O) groups excluding carboxylic acids is 2. The van der Waals surface area contributed by atoms with E-state index in [-0.39, 0.29) is 49.6 Å². The summed E-state index contributed by atoms with van der Waals surface area (Å²) in [6.45, 7) is 4.81. The van der Waals surface area contributed by atoms with Gasteiger partial charge in [-0.05, 0) is 30.9 Å².